The Kier molecular flexibility index (Phi) is 4.93. The van der Waals surface area contributed by atoms with Crippen LogP contribution in [-0.4, -0.2) is 19.0 Å². The van der Waals surface area contributed by atoms with E-state index in [4.69, 9.17) is 5.26 Å². The minimum Gasteiger partial charge on any atom is -0.349 e. The Labute approximate surface area is 142 Å². The van der Waals surface area contributed by atoms with Gasteiger partial charge >= 0.3 is 0 Å². The molecule has 0 saturated carbocycles. The van der Waals surface area contributed by atoms with Crippen LogP contribution in [0.4, 0.5) is 0 Å². The summed E-state index contributed by atoms with van der Waals surface area (Å²) in [6.07, 6.45) is 0. The average Bonchev–Trinajstić information content (AvgIpc) is 3.12. The Bertz CT molecular complexity index is 751. The summed E-state index contributed by atoms with van der Waals surface area (Å²) in [6, 6.07) is 19.7. The summed E-state index contributed by atoms with van der Waals surface area (Å²) in [4.78, 5) is 12.8. The lowest BCUT2D eigenvalue weighted by molar-refractivity contribution is -0.125. The van der Waals surface area contributed by atoms with E-state index in [-0.39, 0.29) is 23.8 Å². The van der Waals surface area contributed by atoms with Crippen LogP contribution in [0, 0.1) is 17.2 Å². The lowest BCUT2D eigenvalue weighted by Crippen LogP contribution is -2.36. The van der Waals surface area contributed by atoms with Crippen LogP contribution in [0.1, 0.15) is 35.6 Å². The molecule has 24 heavy (non-hydrogen) atoms. The fraction of sp³-hybridized carbons (Fsp3) is 0.300. The van der Waals surface area contributed by atoms with Crippen molar-refractivity contribution in [3.05, 3.63) is 71.3 Å². The summed E-state index contributed by atoms with van der Waals surface area (Å²) in [5.41, 5.74) is 2.78. The average molecular weight is 319 g/mol. The molecule has 0 radical (unpaired) electrons. The number of rotatable bonds is 4. The van der Waals surface area contributed by atoms with Gasteiger partial charge in [-0.25, -0.2) is 0 Å². The van der Waals surface area contributed by atoms with E-state index in [0.717, 1.165) is 17.7 Å². The highest BCUT2D eigenvalue weighted by Gasteiger charge is 2.34. The molecule has 3 atom stereocenters. The molecule has 1 fully saturated rings. The zero-order valence-corrected chi connectivity index (χ0v) is 13.7. The molecule has 1 saturated heterocycles. The van der Waals surface area contributed by atoms with Gasteiger partial charge in [0.1, 0.15) is 0 Å². The minimum atomic E-state index is -0.120. The van der Waals surface area contributed by atoms with Gasteiger partial charge in [0.15, 0.2) is 0 Å². The molecule has 1 aliphatic rings. The molecule has 0 aliphatic carbocycles. The van der Waals surface area contributed by atoms with E-state index in [1.54, 1.807) is 6.07 Å². The van der Waals surface area contributed by atoms with Crippen LogP contribution in [0.3, 0.4) is 0 Å². The van der Waals surface area contributed by atoms with Crippen molar-refractivity contribution in [3.8, 4) is 6.07 Å². The highest BCUT2D eigenvalue weighted by molar-refractivity contribution is 5.81. The van der Waals surface area contributed by atoms with Gasteiger partial charge in [0.2, 0.25) is 5.91 Å². The van der Waals surface area contributed by atoms with Gasteiger partial charge < -0.3 is 10.6 Å². The van der Waals surface area contributed by atoms with Gasteiger partial charge in [-0.1, -0.05) is 42.5 Å². The summed E-state index contributed by atoms with van der Waals surface area (Å²) in [5.74, 6) is 0.0371. The quantitative estimate of drug-likeness (QED) is 0.911. The molecule has 2 aromatic carbocycles. The summed E-state index contributed by atoms with van der Waals surface area (Å²) in [7, 11) is 0. The molecule has 1 aliphatic heterocycles. The Hall–Kier alpha value is -2.64. The van der Waals surface area contributed by atoms with E-state index in [1.165, 1.54) is 0 Å². The number of carbonyl (C=O) groups is 1. The summed E-state index contributed by atoms with van der Waals surface area (Å²) in [5, 5.41) is 15.5. The Balaban J connectivity index is 1.73. The van der Waals surface area contributed by atoms with Crippen molar-refractivity contribution in [1.29, 1.82) is 5.26 Å². The van der Waals surface area contributed by atoms with Crippen LogP contribution >= 0.6 is 0 Å². The third kappa shape index (κ3) is 3.47. The molecule has 2 aromatic rings. The van der Waals surface area contributed by atoms with Crippen LogP contribution in [0.15, 0.2) is 54.6 Å². The lowest BCUT2D eigenvalue weighted by Gasteiger charge is -2.22. The summed E-state index contributed by atoms with van der Waals surface area (Å²) >= 11 is 0. The third-order valence-electron chi connectivity index (χ3n) is 4.65. The number of nitrogens with zero attached hydrogens (tertiary/aromatic N) is 1. The number of hydrogen-bond donors (Lipinski definition) is 2. The van der Waals surface area contributed by atoms with Gasteiger partial charge in [-0.3, -0.25) is 4.79 Å². The normalized spacial score (nSPS) is 21.0. The van der Waals surface area contributed by atoms with E-state index in [9.17, 15) is 4.79 Å². The first-order valence-electron chi connectivity index (χ1n) is 8.25. The maximum absolute atomic E-state index is 12.8. The highest BCUT2D eigenvalue weighted by atomic mass is 16.2. The van der Waals surface area contributed by atoms with Crippen molar-refractivity contribution in [2.45, 2.75) is 18.9 Å². The van der Waals surface area contributed by atoms with Gasteiger partial charge in [0.05, 0.1) is 23.6 Å². The largest absolute Gasteiger partial charge is 0.349 e. The topological polar surface area (TPSA) is 64.9 Å². The second-order valence-corrected chi connectivity index (χ2v) is 6.25. The molecule has 0 aromatic heterocycles. The van der Waals surface area contributed by atoms with Gasteiger partial charge in [0, 0.05) is 19.0 Å². The SMILES string of the molecule is CC(NC(=O)C1CNCC1c1cccc(C#N)c1)c1ccccc1. The second kappa shape index (κ2) is 7.29. The zero-order valence-electron chi connectivity index (χ0n) is 13.7. The van der Waals surface area contributed by atoms with E-state index in [2.05, 4.69) is 16.7 Å². The highest BCUT2D eigenvalue weighted by Crippen LogP contribution is 2.29. The number of hydrogen-bond acceptors (Lipinski definition) is 3. The molecule has 0 bridgehead atoms. The van der Waals surface area contributed by atoms with Crippen molar-refractivity contribution in [2.24, 2.45) is 5.92 Å². The molecule has 2 N–H and O–H groups in total. The number of amides is 1. The fourth-order valence-corrected chi connectivity index (χ4v) is 3.29. The van der Waals surface area contributed by atoms with Gasteiger partial charge in [0.25, 0.3) is 0 Å². The molecular weight excluding hydrogens is 298 g/mol. The number of carbonyl (C=O) groups excluding carboxylic acids is 1. The van der Waals surface area contributed by atoms with Gasteiger partial charge in [-0.2, -0.15) is 5.26 Å². The molecule has 1 heterocycles. The van der Waals surface area contributed by atoms with Crippen molar-refractivity contribution in [2.75, 3.05) is 13.1 Å². The van der Waals surface area contributed by atoms with Crippen LogP contribution in [0.2, 0.25) is 0 Å². The standard InChI is InChI=1S/C20H21N3O/c1-14(16-7-3-2-4-8-16)23-20(24)19-13-22-12-18(19)17-9-5-6-15(10-17)11-21/h2-10,14,18-19,22H,12-13H2,1H3,(H,23,24). The molecule has 3 rings (SSSR count). The van der Waals surface area contributed by atoms with Crippen LogP contribution in [-0.2, 0) is 4.79 Å². The van der Waals surface area contributed by atoms with Crippen LogP contribution in [0.5, 0.6) is 0 Å². The van der Waals surface area contributed by atoms with E-state index in [1.807, 2.05) is 55.5 Å². The summed E-state index contributed by atoms with van der Waals surface area (Å²) < 4.78 is 0. The lowest BCUT2D eigenvalue weighted by atomic mass is 9.87. The van der Waals surface area contributed by atoms with Gasteiger partial charge in [-0.05, 0) is 30.2 Å². The van der Waals surface area contributed by atoms with E-state index >= 15 is 0 Å². The van der Waals surface area contributed by atoms with E-state index in [0.29, 0.717) is 12.1 Å². The van der Waals surface area contributed by atoms with Crippen LogP contribution < -0.4 is 10.6 Å². The molecule has 3 unspecified atom stereocenters. The fourth-order valence-electron chi connectivity index (χ4n) is 3.29. The number of benzene rings is 2. The minimum absolute atomic E-state index is 0.0228. The zero-order chi connectivity index (χ0) is 16.9. The molecule has 4 heteroatoms. The van der Waals surface area contributed by atoms with Crippen molar-refractivity contribution >= 4 is 5.91 Å². The van der Waals surface area contributed by atoms with Crippen molar-refractivity contribution in [3.63, 3.8) is 0 Å². The first-order valence-corrected chi connectivity index (χ1v) is 8.25. The van der Waals surface area contributed by atoms with Crippen LogP contribution in [0.25, 0.3) is 0 Å². The Morgan fingerprint density at radius 3 is 2.75 bits per heavy atom. The second-order valence-electron chi connectivity index (χ2n) is 6.25. The molecular formula is C20H21N3O. The van der Waals surface area contributed by atoms with E-state index < -0.39 is 0 Å². The number of nitrogens with one attached hydrogen (secondary N) is 2. The smallest absolute Gasteiger partial charge is 0.225 e. The molecule has 0 spiro atoms. The Morgan fingerprint density at radius 2 is 2.00 bits per heavy atom. The van der Waals surface area contributed by atoms with Crippen molar-refractivity contribution < 1.29 is 4.79 Å². The molecule has 1 amide bonds. The maximum atomic E-state index is 12.8. The first-order chi connectivity index (χ1) is 11.7. The monoisotopic (exact) mass is 319 g/mol. The third-order valence-corrected chi connectivity index (χ3v) is 4.65. The Morgan fingerprint density at radius 1 is 1.21 bits per heavy atom. The predicted molar refractivity (Wildman–Crippen MR) is 93.3 cm³/mol. The molecule has 122 valence electrons. The molecule has 4 nitrogen and oxygen atoms in total. The predicted octanol–water partition coefficient (Wildman–Crippen LogP) is 2.74. The first kappa shape index (κ1) is 16.2. The maximum Gasteiger partial charge on any atom is 0.225 e. The van der Waals surface area contributed by atoms with Gasteiger partial charge in [-0.15, -0.1) is 0 Å². The van der Waals surface area contributed by atoms with Crippen molar-refractivity contribution in [1.82, 2.24) is 10.6 Å². The number of nitriles is 1. The summed E-state index contributed by atoms with van der Waals surface area (Å²) in [6.45, 7) is 3.42.